The predicted octanol–water partition coefficient (Wildman–Crippen LogP) is 7.68. The molecule has 0 spiro atoms. The van der Waals surface area contributed by atoms with Crippen molar-refractivity contribution in [2.45, 2.75) is 23.9 Å². The van der Waals surface area contributed by atoms with Gasteiger partial charge in [0.1, 0.15) is 0 Å². The maximum absolute atomic E-state index is 14.9. The smallest absolute Gasteiger partial charge is 0.397 e. The Hall–Kier alpha value is -4.13. The van der Waals surface area contributed by atoms with E-state index in [1.807, 2.05) is 6.07 Å². The Bertz CT molecular complexity index is 1580. The van der Waals surface area contributed by atoms with Gasteiger partial charge >= 0.3 is 23.9 Å². The largest absolute Gasteiger partial charge is 0.457 e. The molecule has 3 aromatic carbocycles. The van der Waals surface area contributed by atoms with Crippen LogP contribution in [0.25, 0.3) is 5.70 Å². The summed E-state index contributed by atoms with van der Waals surface area (Å²) in [7, 11) is 0. The van der Waals surface area contributed by atoms with Crippen LogP contribution in [0.15, 0.2) is 66.9 Å². The molecule has 0 radical (unpaired) electrons. The molecule has 0 saturated heterocycles. The second kappa shape index (κ2) is 11.9. The Morgan fingerprint density at radius 1 is 0.860 bits per heavy atom. The fourth-order valence-corrected chi connectivity index (χ4v) is 4.38. The van der Waals surface area contributed by atoms with E-state index in [0.29, 0.717) is 10.6 Å². The summed E-state index contributed by atoms with van der Waals surface area (Å²) < 4.78 is 121. The summed E-state index contributed by atoms with van der Waals surface area (Å²) in [5.41, 5.74) is -2.26. The number of nitrogens with two attached hydrogens (primary N) is 2. The van der Waals surface area contributed by atoms with Gasteiger partial charge in [-0.1, -0.05) is 35.3 Å². The summed E-state index contributed by atoms with van der Waals surface area (Å²) in [5, 5.41) is 9.92. The second-order valence-electron chi connectivity index (χ2n) is 8.73. The number of nitrogens with zero attached hydrogens (tertiary/aromatic N) is 2. The number of hydrogen-bond donors (Lipinski definition) is 3. The molecular formula is C26H16Cl2F9N5O. The van der Waals surface area contributed by atoms with Crippen molar-refractivity contribution in [3.63, 3.8) is 0 Å². The molecule has 1 amide bonds. The summed E-state index contributed by atoms with van der Waals surface area (Å²) in [4.78, 5) is 12.5. The van der Waals surface area contributed by atoms with Crippen LogP contribution in [-0.4, -0.2) is 24.2 Å². The Morgan fingerprint density at radius 3 is 1.91 bits per heavy atom. The molecule has 17 heteroatoms. The molecule has 0 aliphatic carbocycles. The molecule has 3 aromatic rings. The quantitative estimate of drug-likeness (QED) is 0.137. The van der Waals surface area contributed by atoms with Crippen LogP contribution < -0.4 is 21.9 Å². The number of alkyl halides is 9. The Kier molecular flexibility index (Phi) is 9.21. The van der Waals surface area contributed by atoms with Crippen molar-refractivity contribution in [3.05, 3.63) is 99.2 Å². The van der Waals surface area contributed by atoms with Crippen molar-refractivity contribution < 1.29 is 44.3 Å². The molecule has 6 nitrogen and oxygen atoms in total. The number of amides is 1. The van der Waals surface area contributed by atoms with Crippen molar-refractivity contribution in [2.24, 2.45) is 11.6 Å². The number of nitrogens with one attached hydrogen (secondary N) is 1. The van der Waals surface area contributed by atoms with Gasteiger partial charge in [-0.15, -0.1) is 0 Å². The van der Waals surface area contributed by atoms with E-state index in [1.54, 1.807) is 0 Å². The second-order valence-corrected chi connectivity index (χ2v) is 9.55. The van der Waals surface area contributed by atoms with Crippen LogP contribution in [0.1, 0.15) is 27.0 Å². The van der Waals surface area contributed by atoms with Crippen molar-refractivity contribution >= 4 is 46.2 Å². The van der Waals surface area contributed by atoms with Gasteiger partial charge in [0, 0.05) is 28.6 Å². The monoisotopic (exact) mass is 655 g/mol. The summed E-state index contributed by atoms with van der Waals surface area (Å²) in [5.74, 6) is -1.65. The van der Waals surface area contributed by atoms with Crippen LogP contribution >= 0.6 is 23.2 Å². The first-order chi connectivity index (χ1) is 19.7. The molecular weight excluding hydrogens is 640 g/mol. The van der Waals surface area contributed by atoms with E-state index in [0.717, 1.165) is 6.20 Å². The SMILES string of the molecule is N#Cc1ccc(C(=O)Nc2cccc(/C(N)=C/N(N)c3c(Cl)cc(C(F)(C(F)(F)F)C(F)(F)C(F)(F)F)cc3Cl)c2)cc1. The van der Waals surface area contributed by atoms with Crippen LogP contribution in [0, 0.1) is 11.3 Å². The number of carbonyl (C=O) groups is 1. The van der Waals surface area contributed by atoms with Crippen molar-refractivity contribution in [1.29, 1.82) is 5.26 Å². The van der Waals surface area contributed by atoms with E-state index in [9.17, 15) is 44.3 Å². The number of rotatable bonds is 7. The maximum atomic E-state index is 14.9. The number of hydrogen-bond acceptors (Lipinski definition) is 5. The normalized spacial score (nSPS) is 14.1. The number of nitriles is 1. The third-order valence-electron chi connectivity index (χ3n) is 5.86. The van der Waals surface area contributed by atoms with Crippen LogP contribution in [0.3, 0.4) is 0 Å². The molecule has 3 rings (SSSR count). The van der Waals surface area contributed by atoms with Crippen LogP contribution in [0.2, 0.25) is 10.0 Å². The topological polar surface area (TPSA) is 108 Å². The number of carbonyl (C=O) groups excluding carboxylic acids is 1. The first kappa shape index (κ1) is 33.4. The van der Waals surface area contributed by atoms with Crippen LogP contribution in [0.4, 0.5) is 50.9 Å². The average molecular weight is 656 g/mol. The number of anilines is 2. The van der Waals surface area contributed by atoms with E-state index in [4.69, 9.17) is 40.0 Å². The fourth-order valence-electron chi connectivity index (χ4n) is 3.69. The molecule has 5 N–H and O–H groups in total. The number of hydrazine groups is 1. The molecule has 0 aromatic heterocycles. The molecule has 0 bridgehead atoms. The van der Waals surface area contributed by atoms with Gasteiger partial charge in [0.05, 0.1) is 33.1 Å². The first-order valence-electron chi connectivity index (χ1n) is 11.4. The van der Waals surface area contributed by atoms with E-state index in [1.165, 1.54) is 48.5 Å². The molecule has 1 unspecified atom stereocenters. The van der Waals surface area contributed by atoms with Gasteiger partial charge < -0.3 is 11.1 Å². The molecule has 1 atom stereocenters. The summed E-state index contributed by atoms with van der Waals surface area (Å²) >= 11 is 11.7. The van der Waals surface area contributed by atoms with E-state index in [2.05, 4.69) is 5.32 Å². The molecule has 43 heavy (non-hydrogen) atoms. The number of benzene rings is 3. The van der Waals surface area contributed by atoms with Crippen molar-refractivity contribution in [2.75, 3.05) is 10.3 Å². The fraction of sp³-hybridized carbons (Fsp3) is 0.154. The lowest BCUT2D eigenvalue weighted by Gasteiger charge is -2.36. The Labute approximate surface area is 246 Å². The van der Waals surface area contributed by atoms with Gasteiger partial charge in [-0.05, 0) is 48.5 Å². The highest BCUT2D eigenvalue weighted by atomic mass is 35.5. The molecule has 0 aliphatic heterocycles. The third kappa shape index (κ3) is 6.46. The van der Waals surface area contributed by atoms with Gasteiger partial charge in [-0.2, -0.15) is 40.4 Å². The summed E-state index contributed by atoms with van der Waals surface area (Å²) in [6, 6.07) is 13.2. The minimum atomic E-state index is -6.94. The van der Waals surface area contributed by atoms with Gasteiger partial charge in [0.2, 0.25) is 0 Å². The highest BCUT2D eigenvalue weighted by molar-refractivity contribution is 6.39. The van der Waals surface area contributed by atoms with E-state index >= 15 is 0 Å². The zero-order valence-corrected chi connectivity index (χ0v) is 22.5. The average Bonchev–Trinajstić information content (AvgIpc) is 2.90. The third-order valence-corrected chi connectivity index (χ3v) is 6.44. The lowest BCUT2D eigenvalue weighted by Crippen LogP contribution is -2.59. The van der Waals surface area contributed by atoms with Crippen molar-refractivity contribution in [3.8, 4) is 6.07 Å². The number of halogens is 11. The zero-order chi connectivity index (χ0) is 32.5. The van der Waals surface area contributed by atoms with E-state index in [-0.39, 0.29) is 34.6 Å². The lowest BCUT2D eigenvalue weighted by atomic mass is 9.87. The molecule has 0 fully saturated rings. The van der Waals surface area contributed by atoms with Crippen molar-refractivity contribution in [1.82, 2.24) is 0 Å². The maximum Gasteiger partial charge on any atom is 0.457 e. The van der Waals surface area contributed by atoms with E-state index < -0.39 is 51.1 Å². The highest BCUT2D eigenvalue weighted by Gasteiger charge is 2.81. The standard InChI is InChI=1S/C26H16Cl2F9N5O/c27-18-9-16(23(29,25(32,33)34)24(30,31)26(35,36)37)10-19(28)21(18)42(40)12-20(39)15-2-1-3-17(8-15)41-22(43)14-6-4-13(11-38)5-7-14/h1-10,12H,39-40H2,(H,41,43)/b20-12-. The summed E-state index contributed by atoms with van der Waals surface area (Å²) in [6.07, 6.45) is -12.8. The van der Waals surface area contributed by atoms with Gasteiger partial charge in [-0.3, -0.25) is 9.80 Å². The molecule has 0 saturated carbocycles. The van der Waals surface area contributed by atoms with Crippen LogP contribution in [-0.2, 0) is 5.67 Å². The van der Waals surface area contributed by atoms with Gasteiger partial charge in [0.15, 0.2) is 0 Å². The Balaban J connectivity index is 1.94. The lowest BCUT2D eigenvalue weighted by molar-refractivity contribution is -0.389. The minimum Gasteiger partial charge on any atom is -0.397 e. The molecule has 228 valence electrons. The molecule has 0 heterocycles. The zero-order valence-electron chi connectivity index (χ0n) is 21.0. The minimum absolute atomic E-state index is 0.112. The first-order valence-corrected chi connectivity index (χ1v) is 12.1. The van der Waals surface area contributed by atoms with Gasteiger partial charge in [-0.25, -0.2) is 10.2 Å². The van der Waals surface area contributed by atoms with Crippen LogP contribution in [0.5, 0.6) is 0 Å². The Morgan fingerprint density at radius 2 is 1.42 bits per heavy atom. The van der Waals surface area contributed by atoms with Gasteiger partial charge in [0.25, 0.3) is 5.91 Å². The highest BCUT2D eigenvalue weighted by Crippen LogP contribution is 2.59. The molecule has 0 aliphatic rings. The predicted molar refractivity (Wildman–Crippen MR) is 141 cm³/mol. The summed E-state index contributed by atoms with van der Waals surface area (Å²) in [6.45, 7) is 0.